The van der Waals surface area contributed by atoms with Crippen molar-refractivity contribution in [3.05, 3.63) is 53.3 Å². The summed E-state index contributed by atoms with van der Waals surface area (Å²) in [6.45, 7) is 7.32. The summed E-state index contributed by atoms with van der Waals surface area (Å²) in [6, 6.07) is 10.9. The Morgan fingerprint density at radius 3 is 2.34 bits per heavy atom. The summed E-state index contributed by atoms with van der Waals surface area (Å²) in [5, 5.41) is 3.01. The SMILES string of the molecule is CCn1c(CN(C)CC(=O)Nc2c(C)cccc2C)nc2cc(S(=O)(=O)N(C)C)ccc21. The van der Waals surface area contributed by atoms with E-state index in [0.717, 1.165) is 28.2 Å². The van der Waals surface area contributed by atoms with E-state index in [-0.39, 0.29) is 17.3 Å². The second-order valence-corrected chi connectivity index (χ2v) is 10.3. The number of aryl methyl sites for hydroxylation is 3. The quantitative estimate of drug-likeness (QED) is 0.562. The van der Waals surface area contributed by atoms with E-state index in [1.165, 1.54) is 18.4 Å². The average Bonchev–Trinajstić information content (AvgIpc) is 3.06. The highest BCUT2D eigenvalue weighted by Crippen LogP contribution is 2.23. The first-order valence-electron chi connectivity index (χ1n) is 10.5. The van der Waals surface area contributed by atoms with E-state index < -0.39 is 10.0 Å². The maximum atomic E-state index is 12.6. The lowest BCUT2D eigenvalue weighted by molar-refractivity contribution is -0.117. The molecule has 0 fully saturated rings. The number of para-hydroxylation sites is 1. The van der Waals surface area contributed by atoms with Crippen molar-refractivity contribution in [3.8, 4) is 0 Å². The van der Waals surface area contributed by atoms with Crippen LogP contribution in [0.3, 0.4) is 0 Å². The molecule has 1 amide bonds. The molecule has 1 N–H and O–H groups in total. The second kappa shape index (κ2) is 9.40. The van der Waals surface area contributed by atoms with E-state index >= 15 is 0 Å². The molecule has 0 atom stereocenters. The van der Waals surface area contributed by atoms with Crippen LogP contribution in [0.1, 0.15) is 23.9 Å². The number of carbonyl (C=O) groups excluding carboxylic acids is 1. The van der Waals surface area contributed by atoms with Crippen LogP contribution < -0.4 is 5.32 Å². The summed E-state index contributed by atoms with van der Waals surface area (Å²) in [4.78, 5) is 19.4. The molecule has 1 heterocycles. The number of hydrogen-bond acceptors (Lipinski definition) is 5. The van der Waals surface area contributed by atoms with Crippen molar-refractivity contribution in [2.24, 2.45) is 0 Å². The number of likely N-dealkylation sites (N-methyl/N-ethyl adjacent to an activating group) is 1. The number of nitrogens with zero attached hydrogens (tertiary/aromatic N) is 4. The molecule has 0 radical (unpaired) electrons. The van der Waals surface area contributed by atoms with Gasteiger partial charge < -0.3 is 9.88 Å². The van der Waals surface area contributed by atoms with Crippen LogP contribution in [-0.4, -0.2) is 60.8 Å². The van der Waals surface area contributed by atoms with Gasteiger partial charge in [-0.15, -0.1) is 0 Å². The predicted molar refractivity (Wildman–Crippen MR) is 127 cm³/mol. The Morgan fingerprint density at radius 1 is 1.09 bits per heavy atom. The topological polar surface area (TPSA) is 87.5 Å². The summed E-state index contributed by atoms with van der Waals surface area (Å²) in [5.41, 5.74) is 4.39. The molecule has 0 aliphatic heterocycles. The molecule has 0 aliphatic carbocycles. The molecule has 8 nitrogen and oxygen atoms in total. The monoisotopic (exact) mass is 457 g/mol. The molecule has 1 aromatic heterocycles. The number of sulfonamides is 1. The third-order valence-corrected chi connectivity index (χ3v) is 7.28. The number of fused-ring (bicyclic) bond motifs is 1. The van der Waals surface area contributed by atoms with Gasteiger partial charge in [-0.05, 0) is 57.1 Å². The lowest BCUT2D eigenvalue weighted by Crippen LogP contribution is -2.31. The number of aromatic nitrogens is 2. The minimum Gasteiger partial charge on any atom is -0.327 e. The number of imidazole rings is 1. The van der Waals surface area contributed by atoms with Gasteiger partial charge in [0, 0.05) is 26.3 Å². The number of hydrogen-bond donors (Lipinski definition) is 1. The highest BCUT2D eigenvalue weighted by molar-refractivity contribution is 7.89. The molecular formula is C23H31N5O3S. The van der Waals surface area contributed by atoms with E-state index in [4.69, 9.17) is 0 Å². The zero-order valence-electron chi connectivity index (χ0n) is 19.5. The summed E-state index contributed by atoms with van der Waals surface area (Å²) in [6.07, 6.45) is 0. The van der Waals surface area contributed by atoms with Crippen LogP contribution in [0.2, 0.25) is 0 Å². The van der Waals surface area contributed by atoms with Crippen LogP contribution in [-0.2, 0) is 27.9 Å². The molecule has 32 heavy (non-hydrogen) atoms. The van der Waals surface area contributed by atoms with E-state index in [2.05, 4.69) is 10.3 Å². The van der Waals surface area contributed by atoms with Gasteiger partial charge in [0.25, 0.3) is 0 Å². The van der Waals surface area contributed by atoms with Crippen molar-refractivity contribution in [2.45, 2.75) is 38.8 Å². The van der Waals surface area contributed by atoms with E-state index in [0.29, 0.717) is 18.6 Å². The molecule has 3 rings (SSSR count). The van der Waals surface area contributed by atoms with Crippen LogP contribution in [0.5, 0.6) is 0 Å². The van der Waals surface area contributed by atoms with Gasteiger partial charge >= 0.3 is 0 Å². The van der Waals surface area contributed by atoms with Crippen LogP contribution in [0.4, 0.5) is 5.69 Å². The van der Waals surface area contributed by atoms with Gasteiger partial charge in [0.05, 0.1) is 29.0 Å². The maximum Gasteiger partial charge on any atom is 0.242 e. The predicted octanol–water partition coefficient (Wildman–Crippen LogP) is 2.99. The highest BCUT2D eigenvalue weighted by atomic mass is 32.2. The van der Waals surface area contributed by atoms with Crippen molar-refractivity contribution in [2.75, 3.05) is 33.0 Å². The molecule has 9 heteroatoms. The normalized spacial score (nSPS) is 12.1. The first kappa shape index (κ1) is 23.9. The Balaban J connectivity index is 1.79. The van der Waals surface area contributed by atoms with E-state index in [1.54, 1.807) is 18.2 Å². The summed E-state index contributed by atoms with van der Waals surface area (Å²) in [7, 11) is 1.35. The Bertz CT molecular complexity index is 1230. The summed E-state index contributed by atoms with van der Waals surface area (Å²) < 4.78 is 28.2. The molecule has 0 saturated carbocycles. The number of benzene rings is 2. The highest BCUT2D eigenvalue weighted by Gasteiger charge is 2.20. The fraction of sp³-hybridized carbons (Fsp3) is 0.391. The number of nitrogens with one attached hydrogen (secondary N) is 1. The van der Waals surface area contributed by atoms with Gasteiger partial charge in [0.1, 0.15) is 5.82 Å². The van der Waals surface area contributed by atoms with E-state index in [9.17, 15) is 13.2 Å². The van der Waals surface area contributed by atoms with Crippen molar-refractivity contribution in [1.29, 1.82) is 0 Å². The third kappa shape index (κ3) is 4.85. The molecule has 0 aliphatic rings. The Kier molecular flexibility index (Phi) is 7.02. The molecule has 0 bridgehead atoms. The zero-order valence-corrected chi connectivity index (χ0v) is 20.3. The van der Waals surface area contributed by atoms with Gasteiger partial charge in [-0.3, -0.25) is 9.69 Å². The molecular weight excluding hydrogens is 426 g/mol. The lowest BCUT2D eigenvalue weighted by Gasteiger charge is -2.18. The van der Waals surface area contributed by atoms with Crippen molar-refractivity contribution in [3.63, 3.8) is 0 Å². The zero-order chi connectivity index (χ0) is 23.6. The number of anilines is 1. The van der Waals surface area contributed by atoms with E-state index in [1.807, 2.05) is 55.5 Å². The smallest absolute Gasteiger partial charge is 0.242 e. The molecule has 0 spiro atoms. The van der Waals surface area contributed by atoms with Crippen LogP contribution in [0.25, 0.3) is 11.0 Å². The Morgan fingerprint density at radius 2 is 1.75 bits per heavy atom. The Labute approximate surface area is 189 Å². The standard InChI is InChI=1S/C23H31N5O3S/c1-7-28-20-12-11-18(32(30,31)26(4)5)13-19(20)24-21(28)14-27(6)15-22(29)25-23-16(2)9-8-10-17(23)3/h8-13H,7,14-15H2,1-6H3,(H,25,29). The van der Waals surface area contributed by atoms with Gasteiger partial charge in [-0.1, -0.05) is 18.2 Å². The summed E-state index contributed by atoms with van der Waals surface area (Å²) >= 11 is 0. The number of rotatable bonds is 8. The first-order valence-corrected chi connectivity index (χ1v) is 11.9. The lowest BCUT2D eigenvalue weighted by atomic mass is 10.1. The van der Waals surface area contributed by atoms with Gasteiger partial charge in [-0.2, -0.15) is 0 Å². The van der Waals surface area contributed by atoms with Gasteiger partial charge in [0.2, 0.25) is 15.9 Å². The second-order valence-electron chi connectivity index (χ2n) is 8.20. The largest absolute Gasteiger partial charge is 0.327 e. The van der Waals surface area contributed by atoms with Crippen LogP contribution >= 0.6 is 0 Å². The molecule has 2 aromatic carbocycles. The minimum absolute atomic E-state index is 0.0941. The van der Waals surface area contributed by atoms with Gasteiger partial charge in [0.15, 0.2) is 0 Å². The minimum atomic E-state index is -3.53. The van der Waals surface area contributed by atoms with Gasteiger partial charge in [-0.25, -0.2) is 17.7 Å². The van der Waals surface area contributed by atoms with Crippen LogP contribution in [0.15, 0.2) is 41.3 Å². The van der Waals surface area contributed by atoms with Crippen molar-refractivity contribution >= 4 is 32.7 Å². The van der Waals surface area contributed by atoms with Crippen LogP contribution in [0, 0.1) is 13.8 Å². The third-order valence-electron chi connectivity index (χ3n) is 5.46. The summed E-state index contributed by atoms with van der Waals surface area (Å²) in [5.74, 6) is 0.688. The first-order chi connectivity index (χ1) is 15.0. The van der Waals surface area contributed by atoms with Crippen molar-refractivity contribution < 1.29 is 13.2 Å². The average molecular weight is 458 g/mol. The fourth-order valence-corrected chi connectivity index (χ4v) is 4.66. The molecule has 3 aromatic rings. The molecule has 0 unspecified atom stereocenters. The number of carbonyl (C=O) groups is 1. The Hall–Kier alpha value is -2.75. The molecule has 172 valence electrons. The maximum absolute atomic E-state index is 12.6. The fourth-order valence-electron chi connectivity index (χ4n) is 3.74. The van der Waals surface area contributed by atoms with Crippen molar-refractivity contribution in [1.82, 2.24) is 18.8 Å². The number of amides is 1. The molecule has 0 saturated heterocycles.